The van der Waals surface area contributed by atoms with Crippen LogP contribution in [0.4, 0.5) is 0 Å². The third kappa shape index (κ3) is 1.90. The van der Waals surface area contributed by atoms with Gasteiger partial charge < -0.3 is 0 Å². The molecule has 5 nitrogen and oxygen atoms in total. The van der Waals surface area contributed by atoms with Gasteiger partial charge in [-0.25, -0.2) is 4.98 Å². The molecule has 0 amide bonds. The van der Waals surface area contributed by atoms with E-state index in [2.05, 4.69) is 10.1 Å². The molecular weight excluding hydrogens is 276 g/mol. The van der Waals surface area contributed by atoms with Gasteiger partial charge in [0.2, 0.25) is 5.78 Å². The highest BCUT2D eigenvalue weighted by Gasteiger charge is 2.13. The highest BCUT2D eigenvalue weighted by atomic mass is 16.1. The highest BCUT2D eigenvalue weighted by molar-refractivity contribution is 5.78. The second-order valence-electron chi connectivity index (χ2n) is 5.27. The lowest BCUT2D eigenvalue weighted by atomic mass is 10.2. The number of imidazole rings is 1. The minimum atomic E-state index is -0.105. The summed E-state index contributed by atoms with van der Waals surface area (Å²) in [6, 6.07) is 17.7. The Bertz CT molecular complexity index is 1030. The quantitative estimate of drug-likeness (QED) is 0.569. The summed E-state index contributed by atoms with van der Waals surface area (Å²) in [4.78, 5) is 17.1. The van der Waals surface area contributed by atoms with Crippen molar-refractivity contribution in [3.05, 3.63) is 76.2 Å². The van der Waals surface area contributed by atoms with Crippen LogP contribution in [-0.4, -0.2) is 19.2 Å². The number of aryl methyl sites for hydroxylation is 1. The number of hydrogen-bond acceptors (Lipinski definition) is 3. The van der Waals surface area contributed by atoms with Crippen molar-refractivity contribution in [3.63, 3.8) is 0 Å². The molecule has 0 aliphatic heterocycles. The number of nitrogens with zero attached hydrogens (tertiary/aromatic N) is 4. The average Bonchev–Trinajstić information content (AvgIpc) is 2.91. The summed E-state index contributed by atoms with van der Waals surface area (Å²) in [5.41, 5.74) is 3.16. The predicted molar refractivity (Wildman–Crippen MR) is 85.0 cm³/mol. The lowest BCUT2D eigenvalue weighted by Gasteiger charge is -2.08. The van der Waals surface area contributed by atoms with Crippen molar-refractivity contribution in [1.29, 1.82) is 0 Å². The molecule has 0 radical (unpaired) electrons. The van der Waals surface area contributed by atoms with Crippen LogP contribution >= 0.6 is 0 Å². The topological polar surface area (TPSA) is 52.2 Å². The molecule has 22 heavy (non-hydrogen) atoms. The van der Waals surface area contributed by atoms with E-state index in [0.29, 0.717) is 18.0 Å². The molecule has 0 N–H and O–H groups in total. The molecule has 0 bridgehead atoms. The zero-order valence-corrected chi connectivity index (χ0v) is 12.1. The van der Waals surface area contributed by atoms with E-state index in [4.69, 9.17) is 0 Å². The maximum Gasteiger partial charge on any atom is 0.276 e. The minimum absolute atomic E-state index is 0.105. The Balaban J connectivity index is 2.03. The van der Waals surface area contributed by atoms with E-state index in [9.17, 15) is 4.79 Å². The van der Waals surface area contributed by atoms with E-state index in [1.54, 1.807) is 16.0 Å². The normalized spacial score (nSPS) is 11.3. The fourth-order valence-corrected chi connectivity index (χ4v) is 2.66. The van der Waals surface area contributed by atoms with Crippen LogP contribution in [0.3, 0.4) is 0 Å². The van der Waals surface area contributed by atoms with Crippen molar-refractivity contribution in [2.45, 2.75) is 13.5 Å². The molecule has 0 spiro atoms. The number of para-hydroxylation sites is 2. The Morgan fingerprint density at radius 1 is 1.00 bits per heavy atom. The summed E-state index contributed by atoms with van der Waals surface area (Å²) in [6.07, 6.45) is 0. The van der Waals surface area contributed by atoms with Gasteiger partial charge in [0, 0.05) is 0 Å². The van der Waals surface area contributed by atoms with Gasteiger partial charge in [0.1, 0.15) is 5.69 Å². The molecule has 0 atom stereocenters. The first-order valence-corrected chi connectivity index (χ1v) is 7.13. The molecule has 2 heterocycles. The molecule has 0 saturated heterocycles. The zero-order valence-electron chi connectivity index (χ0n) is 12.1. The van der Waals surface area contributed by atoms with Gasteiger partial charge in [-0.1, -0.05) is 42.5 Å². The minimum Gasteiger partial charge on any atom is -0.271 e. The molecule has 0 aliphatic carbocycles. The van der Waals surface area contributed by atoms with E-state index in [1.807, 2.05) is 54.6 Å². The molecule has 108 valence electrons. The monoisotopic (exact) mass is 290 g/mol. The van der Waals surface area contributed by atoms with Crippen molar-refractivity contribution < 1.29 is 0 Å². The predicted octanol–water partition coefficient (Wildman–Crippen LogP) is 2.40. The number of fused-ring (bicyclic) bond motifs is 3. The molecule has 2 aromatic carbocycles. The standard InChI is InChI=1S/C17H14N4O/c1-12-16(22)20(11-13-7-3-2-4-8-13)17-18-14-9-5-6-10-15(14)21(17)19-12/h2-10H,11H2,1H3. The summed E-state index contributed by atoms with van der Waals surface area (Å²) < 4.78 is 3.42. The highest BCUT2D eigenvalue weighted by Crippen LogP contribution is 2.15. The van der Waals surface area contributed by atoms with E-state index < -0.39 is 0 Å². The summed E-state index contributed by atoms with van der Waals surface area (Å²) in [5, 5.41) is 4.39. The Morgan fingerprint density at radius 3 is 2.55 bits per heavy atom. The van der Waals surface area contributed by atoms with Crippen molar-refractivity contribution in [1.82, 2.24) is 19.2 Å². The number of benzene rings is 2. The van der Waals surface area contributed by atoms with Crippen LogP contribution in [0.25, 0.3) is 16.8 Å². The van der Waals surface area contributed by atoms with Gasteiger partial charge in [0.15, 0.2) is 0 Å². The summed E-state index contributed by atoms with van der Waals surface area (Å²) in [5.74, 6) is 0.570. The fraction of sp³-hybridized carbons (Fsp3) is 0.118. The Hall–Kier alpha value is -2.95. The SMILES string of the molecule is Cc1nn2c3ccccc3nc2n(Cc2ccccc2)c1=O. The van der Waals surface area contributed by atoms with Crippen LogP contribution in [0.15, 0.2) is 59.4 Å². The van der Waals surface area contributed by atoms with Gasteiger partial charge in [0.05, 0.1) is 17.6 Å². The Morgan fingerprint density at radius 2 is 1.73 bits per heavy atom. The number of hydrogen-bond donors (Lipinski definition) is 0. The summed E-state index contributed by atoms with van der Waals surface area (Å²) in [7, 11) is 0. The third-order valence-corrected chi connectivity index (χ3v) is 3.75. The summed E-state index contributed by atoms with van der Waals surface area (Å²) >= 11 is 0. The van der Waals surface area contributed by atoms with Crippen LogP contribution in [0.2, 0.25) is 0 Å². The van der Waals surface area contributed by atoms with Gasteiger partial charge in [0.25, 0.3) is 5.56 Å². The largest absolute Gasteiger partial charge is 0.276 e. The molecule has 0 unspecified atom stereocenters. The van der Waals surface area contributed by atoms with Gasteiger partial charge in [-0.2, -0.15) is 9.61 Å². The lowest BCUT2D eigenvalue weighted by molar-refractivity contribution is 0.708. The van der Waals surface area contributed by atoms with Gasteiger partial charge >= 0.3 is 0 Å². The molecule has 0 saturated carbocycles. The first-order chi connectivity index (χ1) is 10.7. The van der Waals surface area contributed by atoms with E-state index in [0.717, 1.165) is 16.6 Å². The molecule has 5 heteroatoms. The van der Waals surface area contributed by atoms with E-state index in [1.165, 1.54) is 0 Å². The van der Waals surface area contributed by atoms with Crippen molar-refractivity contribution in [2.24, 2.45) is 0 Å². The van der Waals surface area contributed by atoms with E-state index in [-0.39, 0.29) is 5.56 Å². The van der Waals surface area contributed by atoms with Gasteiger partial charge in [-0.15, -0.1) is 0 Å². The van der Waals surface area contributed by atoms with Crippen LogP contribution < -0.4 is 5.56 Å². The fourth-order valence-electron chi connectivity index (χ4n) is 2.66. The van der Waals surface area contributed by atoms with Crippen LogP contribution in [-0.2, 0) is 6.54 Å². The average molecular weight is 290 g/mol. The lowest BCUT2D eigenvalue weighted by Crippen LogP contribution is -2.27. The molecule has 4 rings (SSSR count). The van der Waals surface area contributed by atoms with Crippen LogP contribution in [0.1, 0.15) is 11.3 Å². The first kappa shape index (κ1) is 12.8. The smallest absolute Gasteiger partial charge is 0.271 e. The number of rotatable bonds is 2. The van der Waals surface area contributed by atoms with Crippen molar-refractivity contribution in [3.8, 4) is 0 Å². The molecule has 2 aromatic heterocycles. The van der Waals surface area contributed by atoms with Crippen molar-refractivity contribution in [2.75, 3.05) is 0 Å². The van der Waals surface area contributed by atoms with E-state index >= 15 is 0 Å². The summed E-state index contributed by atoms with van der Waals surface area (Å²) in [6.45, 7) is 2.22. The number of aromatic nitrogens is 4. The zero-order chi connectivity index (χ0) is 15.1. The van der Waals surface area contributed by atoms with Crippen LogP contribution in [0, 0.1) is 6.92 Å². The molecule has 0 aliphatic rings. The third-order valence-electron chi connectivity index (χ3n) is 3.75. The second-order valence-corrected chi connectivity index (χ2v) is 5.27. The molecule has 4 aromatic rings. The van der Waals surface area contributed by atoms with Gasteiger partial charge in [-0.05, 0) is 24.6 Å². The molecular formula is C17H14N4O. The second kappa shape index (κ2) is 4.80. The Kier molecular flexibility index (Phi) is 2.79. The first-order valence-electron chi connectivity index (χ1n) is 7.13. The maximum absolute atomic E-state index is 12.5. The van der Waals surface area contributed by atoms with Crippen LogP contribution in [0.5, 0.6) is 0 Å². The van der Waals surface area contributed by atoms with Crippen molar-refractivity contribution >= 4 is 16.8 Å². The maximum atomic E-state index is 12.5. The molecule has 0 fully saturated rings. The Labute approximate surface area is 126 Å². The van der Waals surface area contributed by atoms with Gasteiger partial charge in [-0.3, -0.25) is 9.36 Å².